The number of hydrogen-bond donors (Lipinski definition) is 1. The summed E-state index contributed by atoms with van der Waals surface area (Å²) in [6.45, 7) is 5.56. The lowest BCUT2D eigenvalue weighted by Gasteiger charge is -2.29. The number of halogens is 3. The van der Waals surface area contributed by atoms with Crippen LogP contribution in [-0.2, 0) is 6.18 Å². The molecule has 1 aromatic rings. The molecule has 1 aromatic carbocycles. The molecule has 1 N–H and O–H groups in total. The van der Waals surface area contributed by atoms with Gasteiger partial charge in [0.15, 0.2) is 0 Å². The van der Waals surface area contributed by atoms with Crippen LogP contribution in [0.15, 0.2) is 24.3 Å². The molecule has 0 fully saturated rings. The van der Waals surface area contributed by atoms with Crippen LogP contribution in [0, 0.1) is 5.41 Å². The Bertz CT molecular complexity index is 382. The zero-order valence-electron chi connectivity index (χ0n) is 10.2. The first-order valence-electron chi connectivity index (χ1n) is 5.53. The largest absolute Gasteiger partial charge is 0.416 e. The van der Waals surface area contributed by atoms with Crippen LogP contribution in [-0.4, -0.2) is 5.11 Å². The third-order valence-corrected chi connectivity index (χ3v) is 3.18. The predicted octanol–water partition coefficient (Wildman–Crippen LogP) is 4.18. The van der Waals surface area contributed by atoms with Gasteiger partial charge in [-0.1, -0.05) is 32.9 Å². The minimum Gasteiger partial charge on any atom is -0.388 e. The molecule has 96 valence electrons. The second-order valence-electron chi connectivity index (χ2n) is 4.87. The Balaban J connectivity index is 3.08. The van der Waals surface area contributed by atoms with Crippen LogP contribution >= 0.6 is 0 Å². The topological polar surface area (TPSA) is 20.2 Å². The summed E-state index contributed by atoms with van der Waals surface area (Å²) in [5.41, 5.74) is -0.850. The van der Waals surface area contributed by atoms with E-state index in [0.717, 1.165) is 12.1 Å². The minimum atomic E-state index is -4.37. The Morgan fingerprint density at radius 3 is 2.29 bits per heavy atom. The SMILES string of the molecule is CCC(C)(C)C(O)c1cccc(C(F)(F)F)c1. The summed E-state index contributed by atoms with van der Waals surface area (Å²) in [7, 11) is 0. The maximum atomic E-state index is 12.5. The average molecular weight is 246 g/mol. The number of aliphatic hydroxyl groups excluding tert-OH is 1. The molecule has 4 heteroatoms. The molecule has 1 unspecified atom stereocenters. The quantitative estimate of drug-likeness (QED) is 0.848. The van der Waals surface area contributed by atoms with Crippen molar-refractivity contribution in [3.63, 3.8) is 0 Å². The van der Waals surface area contributed by atoms with Gasteiger partial charge in [-0.3, -0.25) is 0 Å². The molecule has 0 heterocycles. The van der Waals surface area contributed by atoms with Gasteiger partial charge < -0.3 is 5.11 Å². The van der Waals surface area contributed by atoms with Crippen LogP contribution in [0.4, 0.5) is 13.2 Å². The van der Waals surface area contributed by atoms with Gasteiger partial charge in [0.2, 0.25) is 0 Å². The van der Waals surface area contributed by atoms with Gasteiger partial charge in [-0.05, 0) is 29.5 Å². The maximum absolute atomic E-state index is 12.5. The molecule has 0 aliphatic heterocycles. The molecule has 0 aromatic heterocycles. The van der Waals surface area contributed by atoms with E-state index >= 15 is 0 Å². The van der Waals surface area contributed by atoms with Crippen LogP contribution < -0.4 is 0 Å². The molecule has 1 atom stereocenters. The van der Waals surface area contributed by atoms with Crippen LogP contribution in [0.1, 0.15) is 44.4 Å². The molecule has 0 amide bonds. The minimum absolute atomic E-state index is 0.312. The maximum Gasteiger partial charge on any atom is 0.416 e. The first-order valence-corrected chi connectivity index (χ1v) is 5.53. The smallest absolute Gasteiger partial charge is 0.388 e. The fourth-order valence-electron chi connectivity index (χ4n) is 1.53. The Hall–Kier alpha value is -1.03. The van der Waals surface area contributed by atoms with E-state index in [1.54, 1.807) is 0 Å². The number of alkyl halides is 3. The molecule has 0 radical (unpaired) electrons. The van der Waals surface area contributed by atoms with E-state index in [2.05, 4.69) is 0 Å². The average Bonchev–Trinajstić information content (AvgIpc) is 2.27. The van der Waals surface area contributed by atoms with Crippen molar-refractivity contribution in [2.24, 2.45) is 5.41 Å². The third-order valence-electron chi connectivity index (χ3n) is 3.18. The van der Waals surface area contributed by atoms with E-state index in [1.807, 2.05) is 20.8 Å². The summed E-state index contributed by atoms with van der Waals surface area (Å²) in [6, 6.07) is 4.88. The van der Waals surface area contributed by atoms with Gasteiger partial charge in [0.1, 0.15) is 0 Å². The van der Waals surface area contributed by atoms with Crippen molar-refractivity contribution >= 4 is 0 Å². The van der Waals surface area contributed by atoms with Crippen LogP contribution in [0.5, 0.6) is 0 Å². The normalized spacial score (nSPS) is 14.8. The van der Waals surface area contributed by atoms with E-state index in [4.69, 9.17) is 0 Å². The Labute approximate surface area is 99.3 Å². The van der Waals surface area contributed by atoms with Crippen molar-refractivity contribution in [2.45, 2.75) is 39.5 Å². The highest BCUT2D eigenvalue weighted by Gasteiger charge is 2.33. The zero-order chi connectivity index (χ0) is 13.3. The third kappa shape index (κ3) is 3.22. The van der Waals surface area contributed by atoms with E-state index in [0.29, 0.717) is 12.0 Å². The van der Waals surface area contributed by atoms with E-state index in [-0.39, 0.29) is 0 Å². The summed E-state index contributed by atoms with van der Waals surface area (Å²) in [6.07, 6.45) is -4.58. The lowest BCUT2D eigenvalue weighted by molar-refractivity contribution is -0.137. The van der Waals surface area contributed by atoms with Gasteiger partial charge in [-0.25, -0.2) is 0 Å². The molecular weight excluding hydrogens is 229 g/mol. The fourth-order valence-corrected chi connectivity index (χ4v) is 1.53. The highest BCUT2D eigenvalue weighted by Crippen LogP contribution is 2.38. The molecule has 0 aliphatic carbocycles. The lowest BCUT2D eigenvalue weighted by atomic mass is 9.80. The van der Waals surface area contributed by atoms with E-state index in [9.17, 15) is 18.3 Å². The molecule has 0 spiro atoms. The predicted molar refractivity (Wildman–Crippen MR) is 60.5 cm³/mol. The highest BCUT2D eigenvalue weighted by atomic mass is 19.4. The molecule has 1 rings (SSSR count). The Kier molecular flexibility index (Phi) is 3.87. The molecule has 0 bridgehead atoms. The van der Waals surface area contributed by atoms with Gasteiger partial charge in [0.25, 0.3) is 0 Å². The van der Waals surface area contributed by atoms with E-state index in [1.165, 1.54) is 12.1 Å². The first-order chi connectivity index (χ1) is 7.68. The molecule has 0 saturated carbocycles. The van der Waals surface area contributed by atoms with Gasteiger partial charge in [-0.15, -0.1) is 0 Å². The Morgan fingerprint density at radius 1 is 1.24 bits per heavy atom. The van der Waals surface area contributed by atoms with Gasteiger partial charge in [0.05, 0.1) is 11.7 Å². The lowest BCUT2D eigenvalue weighted by Crippen LogP contribution is -2.21. The zero-order valence-corrected chi connectivity index (χ0v) is 10.2. The summed E-state index contributed by atoms with van der Waals surface area (Å²) in [5, 5.41) is 10.1. The first kappa shape index (κ1) is 14.0. The fraction of sp³-hybridized carbons (Fsp3) is 0.538. The second-order valence-corrected chi connectivity index (χ2v) is 4.87. The molecule has 0 saturated heterocycles. The van der Waals surface area contributed by atoms with Crippen molar-refractivity contribution in [3.05, 3.63) is 35.4 Å². The summed E-state index contributed by atoms with van der Waals surface area (Å²) >= 11 is 0. The molecule has 1 nitrogen and oxygen atoms in total. The van der Waals surface area contributed by atoms with Crippen molar-refractivity contribution in [1.29, 1.82) is 0 Å². The standard InChI is InChI=1S/C13H17F3O/c1-4-12(2,3)11(17)9-6-5-7-10(8-9)13(14,15)16/h5-8,11,17H,4H2,1-3H3. The summed E-state index contributed by atoms with van der Waals surface area (Å²) < 4.78 is 37.6. The summed E-state index contributed by atoms with van der Waals surface area (Å²) in [4.78, 5) is 0. The van der Waals surface area contributed by atoms with Crippen LogP contribution in [0.25, 0.3) is 0 Å². The van der Waals surface area contributed by atoms with Gasteiger partial charge in [-0.2, -0.15) is 13.2 Å². The molecular formula is C13H17F3O. The van der Waals surface area contributed by atoms with Crippen molar-refractivity contribution in [2.75, 3.05) is 0 Å². The van der Waals surface area contributed by atoms with E-state index < -0.39 is 23.3 Å². The second kappa shape index (κ2) is 4.69. The number of benzene rings is 1. The summed E-state index contributed by atoms with van der Waals surface area (Å²) in [5.74, 6) is 0. The molecule has 0 aliphatic rings. The van der Waals surface area contributed by atoms with Crippen LogP contribution in [0.3, 0.4) is 0 Å². The monoisotopic (exact) mass is 246 g/mol. The molecule has 17 heavy (non-hydrogen) atoms. The van der Waals surface area contributed by atoms with Crippen molar-refractivity contribution < 1.29 is 18.3 Å². The number of rotatable bonds is 3. The number of hydrogen-bond acceptors (Lipinski definition) is 1. The number of aliphatic hydroxyl groups is 1. The van der Waals surface area contributed by atoms with Gasteiger partial charge >= 0.3 is 6.18 Å². The van der Waals surface area contributed by atoms with Gasteiger partial charge in [0, 0.05) is 0 Å². The van der Waals surface area contributed by atoms with Crippen LogP contribution in [0.2, 0.25) is 0 Å². The Morgan fingerprint density at radius 2 is 1.82 bits per heavy atom. The highest BCUT2D eigenvalue weighted by molar-refractivity contribution is 5.28. The van der Waals surface area contributed by atoms with Crippen molar-refractivity contribution in [1.82, 2.24) is 0 Å². The van der Waals surface area contributed by atoms with Crippen molar-refractivity contribution in [3.8, 4) is 0 Å².